The van der Waals surface area contributed by atoms with Crippen molar-refractivity contribution in [3.63, 3.8) is 0 Å². The molecular weight excluding hydrogens is 278 g/mol. The van der Waals surface area contributed by atoms with Crippen LogP contribution in [0.1, 0.15) is 37.8 Å². The number of hydrogen-bond acceptors (Lipinski definition) is 3. The highest BCUT2D eigenvalue weighted by atomic mass is 32.1. The van der Waals surface area contributed by atoms with E-state index >= 15 is 0 Å². The quantitative estimate of drug-likeness (QED) is 0.945. The Balaban J connectivity index is 1.36. The third-order valence-corrected chi connectivity index (χ3v) is 7.15. The highest BCUT2D eigenvalue weighted by molar-refractivity contribution is 7.15. The average Bonchev–Trinajstić information content (AvgIpc) is 2.98. The van der Waals surface area contributed by atoms with E-state index in [0.29, 0.717) is 6.04 Å². The minimum atomic E-state index is 0.310. The molecule has 4 aliphatic rings. The van der Waals surface area contributed by atoms with Crippen LogP contribution in [-0.2, 0) is 6.42 Å². The van der Waals surface area contributed by atoms with Crippen molar-refractivity contribution in [1.82, 2.24) is 9.38 Å². The van der Waals surface area contributed by atoms with Crippen LogP contribution >= 0.6 is 11.3 Å². The maximum absolute atomic E-state index is 6.68. The molecule has 2 heterocycles. The first kappa shape index (κ1) is 12.7. The van der Waals surface area contributed by atoms with Gasteiger partial charge in [0.15, 0.2) is 4.96 Å². The van der Waals surface area contributed by atoms with Crippen LogP contribution in [0.4, 0.5) is 0 Å². The highest BCUT2D eigenvalue weighted by Crippen LogP contribution is 2.57. The number of fused-ring (bicyclic) bond motifs is 1. The predicted molar refractivity (Wildman–Crippen MR) is 85.3 cm³/mol. The maximum Gasteiger partial charge on any atom is 0.193 e. The fourth-order valence-electron chi connectivity index (χ4n) is 5.92. The molecule has 0 aliphatic heterocycles. The van der Waals surface area contributed by atoms with Crippen molar-refractivity contribution in [2.24, 2.45) is 35.3 Å². The Bertz CT molecular complexity index is 601. The first-order chi connectivity index (χ1) is 10.3. The Kier molecular flexibility index (Phi) is 2.75. The second-order valence-corrected chi connectivity index (χ2v) is 8.57. The molecule has 4 aliphatic carbocycles. The first-order valence-corrected chi connectivity index (χ1v) is 9.31. The largest absolute Gasteiger partial charge is 0.327 e. The lowest BCUT2D eigenvalue weighted by atomic mass is 9.50. The zero-order valence-electron chi connectivity index (χ0n) is 12.3. The summed E-state index contributed by atoms with van der Waals surface area (Å²) in [6.45, 7) is 0. The summed E-state index contributed by atoms with van der Waals surface area (Å²) in [4.78, 5) is 5.83. The van der Waals surface area contributed by atoms with Crippen molar-refractivity contribution >= 4 is 16.3 Å². The topological polar surface area (TPSA) is 43.3 Å². The first-order valence-electron chi connectivity index (χ1n) is 8.43. The standard InChI is InChI=1S/C17H23N3S/c18-15(8-14-9-20-1-2-21-17(20)19-14)16-12-4-10-3-11(6-12)7-13(16)5-10/h1-2,9-13,15-16H,3-8,18H2. The van der Waals surface area contributed by atoms with Crippen LogP contribution in [-0.4, -0.2) is 15.4 Å². The lowest BCUT2D eigenvalue weighted by molar-refractivity contribution is -0.0465. The van der Waals surface area contributed by atoms with Gasteiger partial charge in [0.2, 0.25) is 0 Å². The maximum atomic E-state index is 6.68. The molecule has 4 saturated carbocycles. The molecule has 1 atom stereocenters. The third-order valence-electron chi connectivity index (χ3n) is 6.38. The number of thiazole rings is 1. The van der Waals surface area contributed by atoms with Gasteiger partial charge in [-0.1, -0.05) is 0 Å². The normalized spacial score (nSPS) is 39.2. The van der Waals surface area contributed by atoms with Gasteiger partial charge in [0.1, 0.15) is 0 Å². The summed E-state index contributed by atoms with van der Waals surface area (Å²) < 4.78 is 2.13. The molecule has 0 radical (unpaired) electrons. The minimum Gasteiger partial charge on any atom is -0.327 e. The Morgan fingerprint density at radius 2 is 1.90 bits per heavy atom. The smallest absolute Gasteiger partial charge is 0.193 e. The minimum absolute atomic E-state index is 0.310. The molecule has 2 aromatic heterocycles. The number of nitrogens with two attached hydrogens (primary N) is 1. The van der Waals surface area contributed by atoms with Crippen LogP contribution in [0.15, 0.2) is 17.8 Å². The van der Waals surface area contributed by atoms with Crippen molar-refractivity contribution in [3.05, 3.63) is 23.5 Å². The Hall–Kier alpha value is -0.870. The number of hydrogen-bond donors (Lipinski definition) is 1. The van der Waals surface area contributed by atoms with E-state index < -0.39 is 0 Å². The van der Waals surface area contributed by atoms with Gasteiger partial charge in [-0.3, -0.25) is 4.40 Å². The number of aromatic nitrogens is 2. The van der Waals surface area contributed by atoms with Gasteiger partial charge < -0.3 is 5.73 Å². The Morgan fingerprint density at radius 3 is 2.57 bits per heavy atom. The zero-order chi connectivity index (χ0) is 14.0. The van der Waals surface area contributed by atoms with E-state index in [0.717, 1.165) is 41.0 Å². The van der Waals surface area contributed by atoms with Crippen molar-refractivity contribution < 1.29 is 0 Å². The van der Waals surface area contributed by atoms with Crippen molar-refractivity contribution in [3.8, 4) is 0 Å². The summed E-state index contributed by atoms with van der Waals surface area (Å²) in [7, 11) is 0. The SMILES string of the molecule is NC(Cc1cn2ccsc2n1)C1C2CC3CC(C2)CC1C3. The molecule has 2 N–H and O–H groups in total. The van der Waals surface area contributed by atoms with E-state index in [1.54, 1.807) is 11.3 Å². The molecule has 3 nitrogen and oxygen atoms in total. The second kappa shape index (κ2) is 4.56. The van der Waals surface area contributed by atoms with Gasteiger partial charge in [-0.2, -0.15) is 0 Å². The van der Waals surface area contributed by atoms with E-state index in [-0.39, 0.29) is 0 Å². The zero-order valence-corrected chi connectivity index (χ0v) is 13.1. The molecule has 6 rings (SSSR count). The summed E-state index contributed by atoms with van der Waals surface area (Å²) in [5, 5.41) is 2.09. The van der Waals surface area contributed by atoms with Crippen LogP contribution < -0.4 is 5.73 Å². The molecule has 0 amide bonds. The number of rotatable bonds is 3. The van der Waals surface area contributed by atoms with Gasteiger partial charge in [-0.15, -0.1) is 11.3 Å². The van der Waals surface area contributed by atoms with Crippen LogP contribution in [0.3, 0.4) is 0 Å². The van der Waals surface area contributed by atoms with Gasteiger partial charge in [0.05, 0.1) is 5.69 Å². The molecule has 21 heavy (non-hydrogen) atoms. The van der Waals surface area contributed by atoms with Crippen molar-refractivity contribution in [2.45, 2.75) is 44.6 Å². The van der Waals surface area contributed by atoms with Gasteiger partial charge in [0, 0.05) is 30.2 Å². The van der Waals surface area contributed by atoms with E-state index in [1.165, 1.54) is 37.8 Å². The second-order valence-electron chi connectivity index (χ2n) is 7.70. The van der Waals surface area contributed by atoms with Gasteiger partial charge >= 0.3 is 0 Å². The molecule has 2 aromatic rings. The molecule has 0 saturated heterocycles. The molecule has 4 heteroatoms. The Morgan fingerprint density at radius 1 is 1.19 bits per heavy atom. The molecule has 0 aromatic carbocycles. The summed E-state index contributed by atoms with van der Waals surface area (Å²) in [6, 6.07) is 0.310. The Labute approximate surface area is 129 Å². The molecular formula is C17H23N3S. The molecule has 112 valence electrons. The molecule has 0 spiro atoms. The fourth-order valence-corrected chi connectivity index (χ4v) is 6.64. The summed E-state index contributed by atoms with van der Waals surface area (Å²) in [5.41, 5.74) is 7.86. The summed E-state index contributed by atoms with van der Waals surface area (Å²) >= 11 is 1.70. The van der Waals surface area contributed by atoms with E-state index in [1.807, 2.05) is 0 Å². The molecule has 4 fully saturated rings. The van der Waals surface area contributed by atoms with Gasteiger partial charge in [0.25, 0.3) is 0 Å². The third kappa shape index (κ3) is 1.99. The van der Waals surface area contributed by atoms with Crippen molar-refractivity contribution in [2.75, 3.05) is 0 Å². The molecule has 1 unspecified atom stereocenters. The predicted octanol–water partition coefficient (Wildman–Crippen LogP) is 3.34. The summed E-state index contributed by atoms with van der Waals surface area (Å²) in [6.07, 6.45) is 12.6. The van der Waals surface area contributed by atoms with Crippen LogP contribution in [0.5, 0.6) is 0 Å². The average molecular weight is 301 g/mol. The van der Waals surface area contributed by atoms with Crippen LogP contribution in [0, 0.1) is 29.6 Å². The highest BCUT2D eigenvalue weighted by Gasteiger charge is 2.49. The van der Waals surface area contributed by atoms with Gasteiger partial charge in [-0.05, 0) is 61.7 Å². The lowest BCUT2D eigenvalue weighted by Crippen LogP contribution is -2.52. The summed E-state index contributed by atoms with van der Waals surface area (Å²) in [5.74, 6) is 4.67. The van der Waals surface area contributed by atoms with E-state index in [4.69, 9.17) is 10.7 Å². The van der Waals surface area contributed by atoms with E-state index in [9.17, 15) is 0 Å². The lowest BCUT2D eigenvalue weighted by Gasteiger charge is -2.56. The number of imidazole rings is 1. The fraction of sp³-hybridized carbons (Fsp3) is 0.706. The van der Waals surface area contributed by atoms with Crippen LogP contribution in [0.25, 0.3) is 4.96 Å². The van der Waals surface area contributed by atoms with Gasteiger partial charge in [-0.25, -0.2) is 4.98 Å². The monoisotopic (exact) mass is 301 g/mol. The molecule has 4 bridgehead atoms. The van der Waals surface area contributed by atoms with Crippen molar-refractivity contribution in [1.29, 1.82) is 0 Å². The number of nitrogens with zero attached hydrogens (tertiary/aromatic N) is 2. The van der Waals surface area contributed by atoms with Crippen LogP contribution in [0.2, 0.25) is 0 Å². The van der Waals surface area contributed by atoms with E-state index in [2.05, 4.69) is 22.2 Å².